The van der Waals surface area contributed by atoms with E-state index >= 15 is 0 Å². The fourth-order valence-electron chi connectivity index (χ4n) is 3.55. The summed E-state index contributed by atoms with van der Waals surface area (Å²) in [5.74, 6) is 1.62. The van der Waals surface area contributed by atoms with E-state index in [2.05, 4.69) is 24.9 Å². The summed E-state index contributed by atoms with van der Waals surface area (Å²) in [6.45, 7) is 5.08. The van der Waals surface area contributed by atoms with Crippen molar-refractivity contribution in [3.63, 3.8) is 0 Å². The number of hydrogen-bond acceptors (Lipinski definition) is 5. The molecule has 3 aromatic carbocycles. The summed E-state index contributed by atoms with van der Waals surface area (Å²) in [6.07, 6.45) is 1.89. The number of hydrogen-bond donors (Lipinski definition) is 0. The third-order valence-corrected chi connectivity index (χ3v) is 6.39. The number of aromatic nitrogens is 2. The third-order valence-electron chi connectivity index (χ3n) is 5.42. The Morgan fingerprint density at radius 1 is 0.906 bits per heavy atom. The molecule has 0 amide bonds. The van der Waals surface area contributed by atoms with Crippen molar-refractivity contribution >= 4 is 33.4 Å². The van der Waals surface area contributed by atoms with Gasteiger partial charge in [-0.1, -0.05) is 41.7 Å². The van der Waals surface area contributed by atoms with Crippen LogP contribution in [-0.4, -0.2) is 22.6 Å². The lowest BCUT2D eigenvalue weighted by Crippen LogP contribution is -2.22. The topological polar surface area (TPSA) is 52.8 Å². The highest BCUT2D eigenvalue weighted by molar-refractivity contribution is 7.15. The van der Waals surface area contributed by atoms with Crippen molar-refractivity contribution in [2.24, 2.45) is 0 Å². The molecule has 2 heterocycles. The zero-order valence-corrected chi connectivity index (χ0v) is 18.7. The standard InChI is InChI=1S/C26H22N2O3S/c1-17-7-10-21(15-18(17)2)31-14-13-30-20-11-8-19(9-12-20)16-24-25(29)28-23-6-4-3-5-22(23)27-26(28)32-24/h3-12,15-16H,13-14H2,1-2H3/b24-16-. The summed E-state index contributed by atoms with van der Waals surface area (Å²) >= 11 is 1.40. The Labute approximate surface area is 189 Å². The minimum absolute atomic E-state index is 0.0393. The van der Waals surface area contributed by atoms with Crippen LogP contribution in [0.3, 0.4) is 0 Å². The monoisotopic (exact) mass is 442 g/mol. The van der Waals surface area contributed by atoms with Crippen LogP contribution in [0.2, 0.25) is 0 Å². The molecule has 0 unspecified atom stereocenters. The highest BCUT2D eigenvalue weighted by atomic mass is 32.1. The predicted octanol–water partition coefficient (Wildman–Crippen LogP) is 4.53. The Bertz CT molecular complexity index is 1520. The third kappa shape index (κ3) is 3.97. The van der Waals surface area contributed by atoms with Gasteiger partial charge in [0.1, 0.15) is 24.7 Å². The first-order valence-corrected chi connectivity index (χ1v) is 11.2. The highest BCUT2D eigenvalue weighted by Gasteiger charge is 2.10. The van der Waals surface area contributed by atoms with E-state index in [-0.39, 0.29) is 5.56 Å². The SMILES string of the molecule is Cc1ccc(OCCOc2ccc(/C=c3\sc4nc5ccccc5n4c3=O)cc2)cc1C. The normalized spacial score (nSPS) is 12.0. The molecule has 0 aliphatic rings. The molecular weight excluding hydrogens is 420 g/mol. The molecule has 0 aliphatic heterocycles. The van der Waals surface area contributed by atoms with Crippen LogP contribution in [-0.2, 0) is 0 Å². The zero-order chi connectivity index (χ0) is 22.1. The molecule has 0 fully saturated rings. The Hall–Kier alpha value is -3.64. The van der Waals surface area contributed by atoms with Crippen LogP contribution in [0, 0.1) is 13.8 Å². The summed E-state index contributed by atoms with van der Waals surface area (Å²) in [7, 11) is 0. The molecule has 0 N–H and O–H groups in total. The molecule has 0 spiro atoms. The fraction of sp³-hybridized carbons (Fsp3) is 0.154. The second kappa shape index (κ2) is 8.48. The zero-order valence-electron chi connectivity index (χ0n) is 17.9. The Kier molecular flexibility index (Phi) is 5.37. The molecule has 0 bridgehead atoms. The second-order valence-electron chi connectivity index (χ2n) is 7.65. The van der Waals surface area contributed by atoms with Crippen LogP contribution in [0.5, 0.6) is 11.5 Å². The van der Waals surface area contributed by atoms with Gasteiger partial charge < -0.3 is 9.47 Å². The summed E-state index contributed by atoms with van der Waals surface area (Å²) in [5.41, 5.74) is 5.04. The van der Waals surface area contributed by atoms with Crippen LogP contribution < -0.4 is 19.6 Å². The smallest absolute Gasteiger partial charge is 0.274 e. The van der Waals surface area contributed by atoms with E-state index in [1.807, 2.05) is 66.7 Å². The first-order valence-electron chi connectivity index (χ1n) is 10.4. The van der Waals surface area contributed by atoms with Gasteiger partial charge in [0.15, 0.2) is 4.96 Å². The Morgan fingerprint density at radius 3 is 2.41 bits per heavy atom. The first-order chi connectivity index (χ1) is 15.6. The maximum atomic E-state index is 12.9. The van der Waals surface area contributed by atoms with E-state index < -0.39 is 0 Å². The molecule has 160 valence electrons. The molecule has 0 atom stereocenters. The van der Waals surface area contributed by atoms with Crippen LogP contribution in [0.25, 0.3) is 22.1 Å². The number of thiazole rings is 1. The van der Waals surface area contributed by atoms with Gasteiger partial charge >= 0.3 is 0 Å². The Morgan fingerprint density at radius 2 is 1.62 bits per heavy atom. The molecule has 0 saturated carbocycles. The molecular formula is C26H22N2O3S. The lowest BCUT2D eigenvalue weighted by Gasteiger charge is -2.10. The van der Waals surface area contributed by atoms with Crippen LogP contribution in [0.15, 0.2) is 71.5 Å². The van der Waals surface area contributed by atoms with Gasteiger partial charge in [0.05, 0.1) is 15.6 Å². The first kappa shape index (κ1) is 20.3. The van der Waals surface area contributed by atoms with Crippen LogP contribution in [0.1, 0.15) is 16.7 Å². The van der Waals surface area contributed by atoms with E-state index in [9.17, 15) is 4.79 Å². The fourth-order valence-corrected chi connectivity index (χ4v) is 4.53. The van der Waals surface area contributed by atoms with E-state index in [4.69, 9.17) is 9.47 Å². The van der Waals surface area contributed by atoms with Gasteiger partial charge in [0, 0.05) is 0 Å². The van der Waals surface area contributed by atoms with Crippen molar-refractivity contribution in [2.75, 3.05) is 13.2 Å². The average Bonchev–Trinajstić information content (AvgIpc) is 3.31. The number of fused-ring (bicyclic) bond motifs is 3. The van der Waals surface area contributed by atoms with Crippen molar-refractivity contribution < 1.29 is 9.47 Å². The second-order valence-corrected chi connectivity index (χ2v) is 8.66. The summed E-state index contributed by atoms with van der Waals surface area (Å²) in [4.78, 5) is 18.1. The van der Waals surface area contributed by atoms with Crippen LogP contribution in [0.4, 0.5) is 0 Å². The molecule has 0 saturated heterocycles. The average molecular weight is 443 g/mol. The molecule has 0 radical (unpaired) electrons. The minimum atomic E-state index is -0.0393. The molecule has 5 aromatic rings. The Balaban J connectivity index is 1.25. The molecule has 6 heteroatoms. The predicted molar refractivity (Wildman–Crippen MR) is 129 cm³/mol. The van der Waals surface area contributed by atoms with Gasteiger partial charge in [-0.25, -0.2) is 9.38 Å². The number of imidazole rings is 1. The van der Waals surface area contributed by atoms with Crippen molar-refractivity contribution in [1.82, 2.24) is 9.38 Å². The molecule has 0 aliphatic carbocycles. The maximum absolute atomic E-state index is 12.9. The van der Waals surface area contributed by atoms with E-state index in [1.54, 1.807) is 4.40 Å². The quantitative estimate of drug-likeness (QED) is 0.363. The number of benzene rings is 3. The van der Waals surface area contributed by atoms with Gasteiger partial charge in [0.2, 0.25) is 0 Å². The molecule has 5 nitrogen and oxygen atoms in total. The number of rotatable bonds is 6. The molecule has 32 heavy (non-hydrogen) atoms. The van der Waals surface area contributed by atoms with Gasteiger partial charge in [-0.3, -0.25) is 4.79 Å². The van der Waals surface area contributed by atoms with Gasteiger partial charge in [-0.05, 0) is 73.0 Å². The van der Waals surface area contributed by atoms with E-state index in [1.165, 1.54) is 22.5 Å². The van der Waals surface area contributed by atoms with E-state index in [0.717, 1.165) is 28.1 Å². The van der Waals surface area contributed by atoms with Crippen molar-refractivity contribution in [3.05, 3.63) is 98.3 Å². The van der Waals surface area contributed by atoms with Crippen molar-refractivity contribution in [1.29, 1.82) is 0 Å². The molecule has 2 aromatic heterocycles. The number of nitrogens with zero attached hydrogens (tertiary/aromatic N) is 2. The van der Waals surface area contributed by atoms with Crippen LogP contribution >= 0.6 is 11.3 Å². The maximum Gasteiger partial charge on any atom is 0.274 e. The summed E-state index contributed by atoms with van der Waals surface area (Å²) in [5, 5.41) is 0. The van der Waals surface area contributed by atoms with Gasteiger partial charge in [-0.2, -0.15) is 0 Å². The minimum Gasteiger partial charge on any atom is -0.490 e. The lowest BCUT2D eigenvalue weighted by atomic mass is 10.1. The lowest BCUT2D eigenvalue weighted by molar-refractivity contribution is 0.217. The molecule has 5 rings (SSSR count). The highest BCUT2D eigenvalue weighted by Crippen LogP contribution is 2.18. The summed E-state index contributed by atoms with van der Waals surface area (Å²) in [6, 6.07) is 21.4. The summed E-state index contributed by atoms with van der Waals surface area (Å²) < 4.78 is 13.9. The largest absolute Gasteiger partial charge is 0.490 e. The van der Waals surface area contributed by atoms with E-state index in [0.29, 0.717) is 22.7 Å². The van der Waals surface area contributed by atoms with Crippen molar-refractivity contribution in [3.8, 4) is 11.5 Å². The number of para-hydroxylation sites is 2. The number of ether oxygens (including phenoxy) is 2. The number of aryl methyl sites for hydroxylation is 2. The van der Waals surface area contributed by atoms with Crippen molar-refractivity contribution in [2.45, 2.75) is 13.8 Å². The van der Waals surface area contributed by atoms with Gasteiger partial charge in [0.25, 0.3) is 5.56 Å². The van der Waals surface area contributed by atoms with Gasteiger partial charge in [-0.15, -0.1) is 0 Å².